The van der Waals surface area contributed by atoms with Crippen LogP contribution in [0.4, 0.5) is 0 Å². The summed E-state index contributed by atoms with van der Waals surface area (Å²) in [5.41, 5.74) is 5.83. The normalized spacial score (nSPS) is 29.9. The van der Waals surface area contributed by atoms with Gasteiger partial charge in [0.05, 0.1) is 12.2 Å². The summed E-state index contributed by atoms with van der Waals surface area (Å²) in [5.74, 6) is -8.81. The summed E-state index contributed by atoms with van der Waals surface area (Å²) in [4.78, 5) is 80.5. The Labute approximate surface area is 320 Å². The number of aliphatic hydroxyl groups is 3. The lowest BCUT2D eigenvalue weighted by Gasteiger charge is -2.47. The lowest BCUT2D eigenvalue weighted by Crippen LogP contribution is -2.70. The number of hydrazine groups is 3. The standard InChI is InChI=1S/C35H60N8O12/c1-6-21-14-15-35(53,55-25(21)7-2)34(5,52)33(51)39-27(28(45)20(3)4)31(48)42-22(11-8-17-37-42)29(46)40(54)19-26(44)41-23(12-9-16-36-41)30(47)43-24(32(49)50)13-10-18-38-43/h20-25,27-28,36-38,45,52-54H,6-19H2,1-5H3,(H,39,51)(H,49,50)/t21-,22+,23+,24-,25+,27-,28-,34+,35+/m0/s1. The maximum atomic E-state index is 14.2. The van der Waals surface area contributed by atoms with Crippen molar-refractivity contribution in [3.8, 4) is 0 Å². The second-order valence-corrected chi connectivity index (χ2v) is 15.4. The van der Waals surface area contributed by atoms with Gasteiger partial charge in [0.2, 0.25) is 5.79 Å². The molecule has 0 aliphatic carbocycles. The molecule has 4 aliphatic rings. The predicted molar refractivity (Wildman–Crippen MR) is 191 cm³/mol. The largest absolute Gasteiger partial charge is 0.480 e. The molecule has 312 valence electrons. The number of nitrogens with one attached hydrogen (secondary N) is 4. The van der Waals surface area contributed by atoms with Crippen molar-refractivity contribution in [2.45, 2.75) is 147 Å². The van der Waals surface area contributed by atoms with Gasteiger partial charge >= 0.3 is 5.97 Å². The van der Waals surface area contributed by atoms with Crippen molar-refractivity contribution in [2.75, 3.05) is 26.2 Å². The van der Waals surface area contributed by atoms with Crippen LogP contribution in [0.2, 0.25) is 0 Å². The molecule has 4 rings (SSSR count). The summed E-state index contributed by atoms with van der Waals surface area (Å²) in [5, 5.41) is 60.1. The zero-order valence-electron chi connectivity index (χ0n) is 32.4. The Kier molecular flexibility index (Phi) is 15.0. The van der Waals surface area contributed by atoms with Crippen molar-refractivity contribution < 1.29 is 59.1 Å². The van der Waals surface area contributed by atoms with Crippen LogP contribution in [0, 0.1) is 11.8 Å². The predicted octanol–water partition coefficient (Wildman–Crippen LogP) is -1.67. The summed E-state index contributed by atoms with van der Waals surface area (Å²) in [6.07, 6.45) is 1.52. The minimum atomic E-state index is -2.57. The van der Waals surface area contributed by atoms with E-state index in [2.05, 4.69) is 21.6 Å². The highest BCUT2D eigenvalue weighted by molar-refractivity contribution is 5.96. The van der Waals surface area contributed by atoms with E-state index in [-0.39, 0.29) is 43.2 Å². The quantitative estimate of drug-likeness (QED) is 0.0747. The smallest absolute Gasteiger partial charge is 0.328 e. The summed E-state index contributed by atoms with van der Waals surface area (Å²) in [6, 6.07) is -5.43. The van der Waals surface area contributed by atoms with Crippen molar-refractivity contribution in [1.29, 1.82) is 0 Å². The van der Waals surface area contributed by atoms with Crippen LogP contribution < -0.4 is 21.6 Å². The number of carboxylic acids is 1. The number of carbonyl (C=O) groups is 6. The summed E-state index contributed by atoms with van der Waals surface area (Å²) in [7, 11) is 0. The number of nitrogens with zero attached hydrogens (tertiary/aromatic N) is 4. The first kappa shape index (κ1) is 44.2. The van der Waals surface area contributed by atoms with E-state index in [1.54, 1.807) is 13.8 Å². The van der Waals surface area contributed by atoms with E-state index in [0.717, 1.165) is 28.4 Å². The number of hydroxylamine groups is 2. The topological polar surface area (TPSA) is 274 Å². The Morgan fingerprint density at radius 3 is 2.02 bits per heavy atom. The van der Waals surface area contributed by atoms with Gasteiger partial charge in [-0.3, -0.25) is 44.2 Å². The second kappa shape index (κ2) is 18.6. The fraction of sp³-hybridized carbons (Fsp3) is 0.829. The fourth-order valence-electron chi connectivity index (χ4n) is 7.75. The molecule has 4 fully saturated rings. The fourth-order valence-corrected chi connectivity index (χ4v) is 7.75. The molecule has 4 saturated heterocycles. The van der Waals surface area contributed by atoms with E-state index in [1.165, 1.54) is 0 Å². The van der Waals surface area contributed by atoms with E-state index >= 15 is 0 Å². The number of aliphatic hydroxyl groups excluding tert-OH is 1. The summed E-state index contributed by atoms with van der Waals surface area (Å²) >= 11 is 0. The van der Waals surface area contributed by atoms with Gasteiger partial charge in [-0.05, 0) is 70.1 Å². The molecule has 0 spiro atoms. The van der Waals surface area contributed by atoms with Crippen molar-refractivity contribution in [2.24, 2.45) is 11.8 Å². The second-order valence-electron chi connectivity index (χ2n) is 15.4. The Bertz CT molecular complexity index is 1420. The number of hydrogen-bond acceptors (Lipinski definition) is 14. The molecule has 0 aromatic rings. The van der Waals surface area contributed by atoms with Crippen LogP contribution in [-0.2, 0) is 33.5 Å². The van der Waals surface area contributed by atoms with Gasteiger partial charge in [-0.1, -0.05) is 34.1 Å². The molecule has 0 aromatic carbocycles. The molecule has 4 heterocycles. The number of rotatable bonds is 13. The van der Waals surface area contributed by atoms with E-state index in [4.69, 9.17) is 4.74 Å². The Balaban J connectivity index is 1.49. The van der Waals surface area contributed by atoms with Gasteiger partial charge in [-0.15, -0.1) is 0 Å². The number of carboxylic acid groups (broad SMARTS) is 1. The third kappa shape index (κ3) is 9.55. The SMILES string of the molecule is CC[C@H]1CC[C@](O)([C@](C)(O)C(=O)N[C@H](C(=O)N2NCCC[C@@H]2C(=O)N(O)CC(=O)N2NCCC[C@@H]2C(=O)N2NCCC[C@H]2C(=O)O)[C@@H](O)C(C)C)O[C@@H]1CC. The van der Waals surface area contributed by atoms with Crippen molar-refractivity contribution in [3.63, 3.8) is 0 Å². The molecule has 55 heavy (non-hydrogen) atoms. The molecule has 0 unspecified atom stereocenters. The van der Waals surface area contributed by atoms with Gasteiger partial charge in [-0.2, -0.15) is 0 Å². The highest BCUT2D eigenvalue weighted by Gasteiger charge is 2.57. The molecule has 0 radical (unpaired) electrons. The van der Waals surface area contributed by atoms with Crippen molar-refractivity contribution >= 4 is 35.5 Å². The highest BCUT2D eigenvalue weighted by Crippen LogP contribution is 2.40. The summed E-state index contributed by atoms with van der Waals surface area (Å²) < 4.78 is 5.91. The van der Waals surface area contributed by atoms with Crippen molar-refractivity contribution in [3.05, 3.63) is 0 Å². The maximum Gasteiger partial charge on any atom is 0.328 e. The van der Waals surface area contributed by atoms with Gasteiger partial charge in [-0.25, -0.2) is 26.1 Å². The molecule has 9 atom stereocenters. The number of carbonyl (C=O) groups excluding carboxylic acids is 5. The highest BCUT2D eigenvalue weighted by atomic mass is 16.6. The molecule has 0 bridgehead atoms. The van der Waals surface area contributed by atoms with Gasteiger partial charge in [0.15, 0.2) is 5.60 Å². The number of ether oxygens (including phenoxy) is 1. The van der Waals surface area contributed by atoms with Crippen LogP contribution in [0.25, 0.3) is 0 Å². The van der Waals surface area contributed by atoms with E-state index < -0.39 is 95.7 Å². The van der Waals surface area contributed by atoms with Gasteiger partial charge < -0.3 is 30.5 Å². The summed E-state index contributed by atoms with van der Waals surface area (Å²) in [6.45, 7) is 8.01. The third-order valence-corrected chi connectivity index (χ3v) is 11.3. The van der Waals surface area contributed by atoms with Crippen LogP contribution in [0.5, 0.6) is 0 Å². The molecule has 5 amide bonds. The lowest BCUT2D eigenvalue weighted by atomic mass is 9.80. The molecule has 20 heteroatoms. The van der Waals surface area contributed by atoms with Crippen LogP contribution in [0.1, 0.15) is 98.8 Å². The first-order chi connectivity index (χ1) is 25.9. The first-order valence-electron chi connectivity index (χ1n) is 19.4. The van der Waals surface area contributed by atoms with Crippen molar-refractivity contribution in [1.82, 2.24) is 41.7 Å². The number of aliphatic carboxylic acids is 1. The molecule has 4 aliphatic heterocycles. The molecule has 9 N–H and O–H groups in total. The average Bonchev–Trinajstić information content (AvgIpc) is 3.18. The third-order valence-electron chi connectivity index (χ3n) is 11.3. The minimum absolute atomic E-state index is 0.0177. The Morgan fingerprint density at radius 2 is 1.45 bits per heavy atom. The zero-order valence-corrected chi connectivity index (χ0v) is 32.4. The van der Waals surface area contributed by atoms with Crippen LogP contribution in [-0.4, -0.2) is 155 Å². The lowest BCUT2D eigenvalue weighted by molar-refractivity contribution is -0.328. The van der Waals surface area contributed by atoms with Gasteiger partial charge in [0.1, 0.15) is 30.7 Å². The monoisotopic (exact) mass is 784 g/mol. The van der Waals surface area contributed by atoms with Crippen LogP contribution >= 0.6 is 0 Å². The average molecular weight is 785 g/mol. The Morgan fingerprint density at radius 1 is 0.891 bits per heavy atom. The van der Waals surface area contributed by atoms with Gasteiger partial charge in [0.25, 0.3) is 29.5 Å². The van der Waals surface area contributed by atoms with E-state index in [0.29, 0.717) is 45.2 Å². The van der Waals surface area contributed by atoms with Crippen LogP contribution in [0.15, 0.2) is 0 Å². The molecular formula is C35H60N8O12. The van der Waals surface area contributed by atoms with E-state index in [9.17, 15) is 54.4 Å². The molecule has 0 saturated carbocycles. The molecule has 20 nitrogen and oxygen atoms in total. The molecular weight excluding hydrogens is 724 g/mol. The Hall–Kier alpha value is -3.50. The van der Waals surface area contributed by atoms with Gasteiger partial charge in [0, 0.05) is 26.1 Å². The first-order valence-corrected chi connectivity index (χ1v) is 19.4. The van der Waals surface area contributed by atoms with Crippen LogP contribution in [0.3, 0.4) is 0 Å². The number of hydrogen-bond donors (Lipinski definition) is 9. The van der Waals surface area contributed by atoms with E-state index in [1.807, 2.05) is 13.8 Å². The minimum Gasteiger partial charge on any atom is -0.480 e. The maximum absolute atomic E-state index is 14.2. The zero-order chi connectivity index (χ0) is 40.8. The molecule has 0 aromatic heterocycles. The number of amides is 5.